The molecule has 0 radical (unpaired) electrons. The number of aromatic nitrogens is 2. The molecule has 0 aliphatic carbocycles. The first kappa shape index (κ1) is 14.0. The minimum atomic E-state index is -3.52. The summed E-state index contributed by atoms with van der Waals surface area (Å²) in [6.45, 7) is 0.265. The Labute approximate surface area is 117 Å². The van der Waals surface area contributed by atoms with Crippen molar-refractivity contribution in [3.05, 3.63) is 47.2 Å². The third-order valence-corrected chi connectivity index (χ3v) is 4.90. The van der Waals surface area contributed by atoms with Gasteiger partial charge in [0.25, 0.3) is 0 Å². The van der Waals surface area contributed by atoms with Gasteiger partial charge in [-0.1, -0.05) is 11.6 Å². The van der Waals surface area contributed by atoms with Crippen LogP contribution in [-0.4, -0.2) is 29.6 Å². The van der Waals surface area contributed by atoms with Crippen molar-refractivity contribution in [1.82, 2.24) is 14.1 Å². The van der Waals surface area contributed by atoms with Crippen LogP contribution in [-0.2, 0) is 23.6 Å². The summed E-state index contributed by atoms with van der Waals surface area (Å²) in [5.41, 5.74) is 0.819. The van der Waals surface area contributed by atoms with E-state index in [2.05, 4.69) is 5.10 Å². The maximum Gasteiger partial charge on any atom is 0.243 e. The van der Waals surface area contributed by atoms with Gasteiger partial charge in [0.1, 0.15) is 0 Å². The maximum atomic E-state index is 12.3. The molecule has 0 aliphatic heterocycles. The van der Waals surface area contributed by atoms with Crippen LogP contribution in [0.2, 0.25) is 5.02 Å². The molecular weight excluding hydrogens is 286 g/mol. The molecule has 0 amide bonds. The van der Waals surface area contributed by atoms with Crippen LogP contribution >= 0.6 is 11.6 Å². The Hall–Kier alpha value is -1.37. The number of hydrogen-bond donors (Lipinski definition) is 0. The Bertz CT molecular complexity index is 665. The smallest absolute Gasteiger partial charge is 0.243 e. The van der Waals surface area contributed by atoms with Gasteiger partial charge < -0.3 is 0 Å². The van der Waals surface area contributed by atoms with E-state index >= 15 is 0 Å². The number of rotatable bonds is 4. The zero-order chi connectivity index (χ0) is 14.0. The van der Waals surface area contributed by atoms with Gasteiger partial charge in [-0.05, 0) is 30.3 Å². The van der Waals surface area contributed by atoms with Crippen LogP contribution in [0.15, 0.2) is 41.4 Å². The lowest BCUT2D eigenvalue weighted by Gasteiger charge is -2.17. The lowest BCUT2D eigenvalue weighted by atomic mass is 10.4. The van der Waals surface area contributed by atoms with Crippen molar-refractivity contribution in [1.29, 1.82) is 0 Å². The highest BCUT2D eigenvalue weighted by atomic mass is 35.5. The van der Waals surface area contributed by atoms with E-state index in [-0.39, 0.29) is 11.4 Å². The average Bonchev–Trinajstić information content (AvgIpc) is 2.75. The van der Waals surface area contributed by atoms with Crippen LogP contribution in [0.5, 0.6) is 0 Å². The highest BCUT2D eigenvalue weighted by Crippen LogP contribution is 2.18. The van der Waals surface area contributed by atoms with Gasteiger partial charge in [0.15, 0.2) is 0 Å². The molecule has 0 fully saturated rings. The van der Waals surface area contributed by atoms with Crippen molar-refractivity contribution in [2.45, 2.75) is 11.4 Å². The summed E-state index contributed by atoms with van der Waals surface area (Å²) in [5.74, 6) is 0. The third-order valence-electron chi connectivity index (χ3n) is 2.83. The normalized spacial score (nSPS) is 12.0. The highest BCUT2D eigenvalue weighted by molar-refractivity contribution is 7.89. The van der Waals surface area contributed by atoms with Gasteiger partial charge in [-0.25, -0.2) is 8.42 Å². The largest absolute Gasteiger partial charge is 0.271 e. The summed E-state index contributed by atoms with van der Waals surface area (Å²) in [6.07, 6.45) is 1.64. The topological polar surface area (TPSA) is 55.2 Å². The lowest BCUT2D eigenvalue weighted by molar-refractivity contribution is 0.453. The molecule has 0 saturated heterocycles. The monoisotopic (exact) mass is 299 g/mol. The summed E-state index contributed by atoms with van der Waals surface area (Å²) >= 11 is 5.76. The van der Waals surface area contributed by atoms with E-state index < -0.39 is 10.0 Å². The molecule has 2 rings (SSSR count). The van der Waals surface area contributed by atoms with Gasteiger partial charge in [-0.3, -0.25) is 4.68 Å². The summed E-state index contributed by atoms with van der Waals surface area (Å²) in [6, 6.07) is 7.90. The summed E-state index contributed by atoms with van der Waals surface area (Å²) in [7, 11) is -0.201. The summed E-state index contributed by atoms with van der Waals surface area (Å²) < 4.78 is 27.6. The molecule has 1 aromatic heterocycles. The summed E-state index contributed by atoms with van der Waals surface area (Å²) in [5, 5.41) is 4.52. The van der Waals surface area contributed by atoms with Crippen LogP contribution in [0.25, 0.3) is 0 Å². The molecule has 1 aromatic carbocycles. The zero-order valence-corrected chi connectivity index (χ0v) is 12.2. The molecule has 19 heavy (non-hydrogen) atoms. The van der Waals surface area contributed by atoms with Crippen molar-refractivity contribution in [2.75, 3.05) is 7.05 Å². The predicted molar refractivity (Wildman–Crippen MR) is 73.3 cm³/mol. The molecule has 5 nitrogen and oxygen atoms in total. The SMILES string of the molecule is CN(Cc1ccnn1C)S(=O)(=O)c1ccc(Cl)cc1. The number of hydrogen-bond acceptors (Lipinski definition) is 3. The van der Waals surface area contributed by atoms with E-state index in [0.717, 1.165) is 5.69 Å². The molecule has 0 saturated carbocycles. The Morgan fingerprint density at radius 2 is 1.89 bits per heavy atom. The fourth-order valence-electron chi connectivity index (χ4n) is 1.66. The third kappa shape index (κ3) is 2.97. The molecule has 2 aromatic rings. The van der Waals surface area contributed by atoms with E-state index in [1.165, 1.54) is 23.5 Å². The van der Waals surface area contributed by atoms with Gasteiger partial charge in [-0.2, -0.15) is 9.40 Å². The fraction of sp³-hybridized carbons (Fsp3) is 0.250. The number of aryl methyl sites for hydroxylation is 1. The minimum Gasteiger partial charge on any atom is -0.271 e. The van der Waals surface area contributed by atoms with E-state index in [1.54, 1.807) is 36.1 Å². The van der Waals surface area contributed by atoms with Crippen LogP contribution in [0.1, 0.15) is 5.69 Å². The van der Waals surface area contributed by atoms with E-state index in [9.17, 15) is 8.42 Å². The number of benzene rings is 1. The number of nitrogens with zero attached hydrogens (tertiary/aromatic N) is 3. The average molecular weight is 300 g/mol. The predicted octanol–water partition coefficient (Wildman–Crippen LogP) is 1.89. The van der Waals surface area contributed by atoms with Crippen molar-refractivity contribution in [3.8, 4) is 0 Å². The highest BCUT2D eigenvalue weighted by Gasteiger charge is 2.21. The van der Waals surface area contributed by atoms with Gasteiger partial charge in [0.05, 0.1) is 17.1 Å². The van der Waals surface area contributed by atoms with Crippen molar-refractivity contribution in [2.24, 2.45) is 7.05 Å². The second kappa shape index (κ2) is 5.32. The Kier molecular flexibility index (Phi) is 3.93. The second-order valence-electron chi connectivity index (χ2n) is 4.16. The van der Waals surface area contributed by atoms with E-state index in [0.29, 0.717) is 5.02 Å². The first-order valence-electron chi connectivity index (χ1n) is 5.60. The molecule has 102 valence electrons. The van der Waals surface area contributed by atoms with Crippen molar-refractivity contribution >= 4 is 21.6 Å². The quantitative estimate of drug-likeness (QED) is 0.866. The van der Waals surface area contributed by atoms with Gasteiger partial charge >= 0.3 is 0 Å². The molecule has 0 unspecified atom stereocenters. The van der Waals surface area contributed by atoms with Crippen molar-refractivity contribution in [3.63, 3.8) is 0 Å². The van der Waals surface area contributed by atoms with Crippen LogP contribution in [0.4, 0.5) is 0 Å². The first-order chi connectivity index (χ1) is 8.91. The number of sulfonamides is 1. The summed E-state index contributed by atoms with van der Waals surface area (Å²) in [4.78, 5) is 0.224. The Balaban J connectivity index is 2.24. The molecule has 1 heterocycles. The van der Waals surface area contributed by atoms with Gasteiger partial charge in [0.2, 0.25) is 10.0 Å². The molecular formula is C12H14ClN3O2S. The molecule has 7 heteroatoms. The van der Waals surface area contributed by atoms with E-state index in [1.807, 2.05) is 0 Å². The van der Waals surface area contributed by atoms with Gasteiger partial charge in [0, 0.05) is 25.3 Å². The standard InChI is InChI=1S/C12H14ClN3O2S/c1-15(9-11-7-8-14-16(11)2)19(17,18)12-5-3-10(13)4-6-12/h3-8H,9H2,1-2H3. The molecule has 0 N–H and O–H groups in total. The second-order valence-corrected chi connectivity index (χ2v) is 6.64. The van der Waals surface area contributed by atoms with Gasteiger partial charge in [-0.15, -0.1) is 0 Å². The molecule has 0 aliphatic rings. The maximum absolute atomic E-state index is 12.3. The minimum absolute atomic E-state index is 0.224. The molecule has 0 atom stereocenters. The van der Waals surface area contributed by atoms with Crippen molar-refractivity contribution < 1.29 is 8.42 Å². The molecule has 0 bridgehead atoms. The van der Waals surface area contributed by atoms with Crippen LogP contribution < -0.4 is 0 Å². The van der Waals surface area contributed by atoms with E-state index in [4.69, 9.17) is 11.6 Å². The molecule has 0 spiro atoms. The fourth-order valence-corrected chi connectivity index (χ4v) is 2.92. The Morgan fingerprint density at radius 1 is 1.26 bits per heavy atom. The number of halogens is 1. The van der Waals surface area contributed by atoms with Crippen LogP contribution in [0.3, 0.4) is 0 Å². The zero-order valence-electron chi connectivity index (χ0n) is 10.6. The Morgan fingerprint density at radius 3 is 2.42 bits per heavy atom. The lowest BCUT2D eigenvalue weighted by Crippen LogP contribution is -2.27. The first-order valence-corrected chi connectivity index (χ1v) is 7.42. The van der Waals surface area contributed by atoms with Crippen LogP contribution in [0, 0.1) is 0 Å².